The van der Waals surface area contributed by atoms with E-state index < -0.39 is 0 Å². The fourth-order valence-electron chi connectivity index (χ4n) is 4.49. The van der Waals surface area contributed by atoms with Crippen molar-refractivity contribution < 1.29 is 8.81 Å². The number of nitrogens with zero attached hydrogens (tertiary/aromatic N) is 7. The molecule has 4 aromatic rings. The highest BCUT2D eigenvalue weighted by atomic mass is 19.1. The van der Waals surface area contributed by atoms with E-state index in [0.29, 0.717) is 29.5 Å². The molecule has 2 N–H and O–H groups in total. The van der Waals surface area contributed by atoms with Gasteiger partial charge < -0.3 is 29.8 Å². The average molecular weight is 464 g/mol. The molecule has 34 heavy (non-hydrogen) atoms. The van der Waals surface area contributed by atoms with E-state index in [9.17, 15) is 4.39 Å². The van der Waals surface area contributed by atoms with Gasteiger partial charge in [-0.15, -0.1) is 0 Å². The van der Waals surface area contributed by atoms with Gasteiger partial charge >= 0.3 is 0 Å². The highest BCUT2D eigenvalue weighted by molar-refractivity contribution is 5.86. The van der Waals surface area contributed by atoms with Gasteiger partial charge in [0.1, 0.15) is 24.6 Å². The molecule has 2 aliphatic heterocycles. The monoisotopic (exact) mass is 463 g/mol. The molecule has 2 aliphatic rings. The third kappa shape index (κ3) is 3.58. The third-order valence-corrected chi connectivity index (χ3v) is 6.55. The second-order valence-corrected chi connectivity index (χ2v) is 8.74. The molecule has 176 valence electrons. The normalized spacial score (nSPS) is 18.4. The molecule has 0 aliphatic carbocycles. The maximum absolute atomic E-state index is 13.7. The number of nitrogens with one attached hydrogen (secondary N) is 2. The van der Waals surface area contributed by atoms with Gasteiger partial charge in [-0.25, -0.2) is 9.37 Å². The van der Waals surface area contributed by atoms with Gasteiger partial charge in [-0.3, -0.25) is 4.57 Å². The maximum atomic E-state index is 13.7. The molecule has 0 amide bonds. The largest absolute Gasteiger partial charge is 0.470 e. The van der Waals surface area contributed by atoms with Gasteiger partial charge in [-0.2, -0.15) is 9.97 Å². The Bertz CT molecular complexity index is 1310. The summed E-state index contributed by atoms with van der Waals surface area (Å²) in [6.45, 7) is 4.16. The first-order valence-corrected chi connectivity index (χ1v) is 11.3. The lowest BCUT2D eigenvalue weighted by Crippen LogP contribution is -2.45. The van der Waals surface area contributed by atoms with Crippen LogP contribution in [0, 0.1) is 5.82 Å². The van der Waals surface area contributed by atoms with Gasteiger partial charge in [0, 0.05) is 39.3 Å². The number of imidazole rings is 1. The van der Waals surface area contributed by atoms with Crippen molar-refractivity contribution in [2.45, 2.75) is 6.17 Å². The van der Waals surface area contributed by atoms with Gasteiger partial charge in [-0.05, 0) is 25.2 Å². The zero-order valence-corrected chi connectivity index (χ0v) is 19.1. The number of likely N-dealkylation sites (N-methyl/N-ethyl adjacent to an activating group) is 2. The Kier molecular flexibility index (Phi) is 4.98. The summed E-state index contributed by atoms with van der Waals surface area (Å²) in [7, 11) is 4.07. The van der Waals surface area contributed by atoms with Crippen LogP contribution in [-0.2, 0) is 0 Å². The molecule has 5 heterocycles. The summed E-state index contributed by atoms with van der Waals surface area (Å²) >= 11 is 0. The second-order valence-electron chi connectivity index (χ2n) is 8.74. The van der Waals surface area contributed by atoms with Gasteiger partial charge in [-0.1, -0.05) is 0 Å². The molecule has 6 rings (SSSR count). The number of furan rings is 1. The minimum absolute atomic E-state index is 0.0649. The number of halogens is 1. The zero-order chi connectivity index (χ0) is 23.2. The highest BCUT2D eigenvalue weighted by Crippen LogP contribution is 2.34. The average Bonchev–Trinajstić information content (AvgIpc) is 3.57. The summed E-state index contributed by atoms with van der Waals surface area (Å²) in [5, 5.41) is 6.91. The van der Waals surface area contributed by atoms with Crippen molar-refractivity contribution in [2.24, 2.45) is 0 Å². The van der Waals surface area contributed by atoms with Crippen molar-refractivity contribution in [3.63, 3.8) is 0 Å². The molecule has 1 atom stereocenters. The van der Waals surface area contributed by atoms with Crippen molar-refractivity contribution in [3.05, 3.63) is 48.9 Å². The van der Waals surface area contributed by atoms with Crippen LogP contribution in [0.25, 0.3) is 16.9 Å². The Labute approximate surface area is 196 Å². The summed E-state index contributed by atoms with van der Waals surface area (Å²) in [5.74, 6) is 1.09. The third-order valence-electron chi connectivity index (χ3n) is 6.55. The highest BCUT2D eigenvalue weighted by Gasteiger charge is 2.27. The molecule has 0 bridgehead atoms. The number of hydrogen-bond donors (Lipinski definition) is 2. The predicted molar refractivity (Wildman–Crippen MR) is 129 cm³/mol. The Morgan fingerprint density at radius 1 is 1.15 bits per heavy atom. The SMILES string of the molecule is CN1CCN(c2nc(NCC3Nc4ccc(F)cc4N3C)c3ncn(-c4ccoc4)c3n2)CC1. The number of rotatable bonds is 5. The lowest BCUT2D eigenvalue weighted by Gasteiger charge is -2.32. The summed E-state index contributed by atoms with van der Waals surface area (Å²) in [6, 6.07) is 6.65. The maximum Gasteiger partial charge on any atom is 0.229 e. The lowest BCUT2D eigenvalue weighted by atomic mass is 10.2. The molecular weight excluding hydrogens is 437 g/mol. The quantitative estimate of drug-likeness (QED) is 0.463. The standard InChI is InChI=1S/C23H26FN9O/c1-30-6-8-32(9-7-30)23-28-21(20-22(29-23)33(14-26-20)16-5-10-34-13-16)25-12-19-27-17-4-3-15(24)11-18(17)31(19)2/h3-5,10-11,13-14,19,27H,6-9,12H2,1-2H3,(H,25,28,29). The topological polar surface area (TPSA) is 90.5 Å². The van der Waals surface area contributed by atoms with Crippen LogP contribution in [0.5, 0.6) is 0 Å². The van der Waals surface area contributed by atoms with Crippen LogP contribution in [0.15, 0.2) is 47.5 Å². The minimum Gasteiger partial charge on any atom is -0.470 e. The van der Waals surface area contributed by atoms with Gasteiger partial charge in [0.25, 0.3) is 0 Å². The zero-order valence-electron chi connectivity index (χ0n) is 19.1. The molecule has 3 aromatic heterocycles. The van der Waals surface area contributed by atoms with E-state index in [1.807, 2.05) is 22.6 Å². The first-order valence-electron chi connectivity index (χ1n) is 11.3. The lowest BCUT2D eigenvalue weighted by molar-refractivity contribution is 0.311. The van der Waals surface area contributed by atoms with E-state index in [1.54, 1.807) is 31.0 Å². The Hall–Kier alpha value is -3.86. The number of aromatic nitrogens is 4. The molecule has 1 saturated heterocycles. The minimum atomic E-state index is -0.250. The number of benzene rings is 1. The van der Waals surface area contributed by atoms with Gasteiger partial charge in [0.05, 0.1) is 29.9 Å². The van der Waals surface area contributed by atoms with Crippen molar-refractivity contribution in [2.75, 3.05) is 67.3 Å². The van der Waals surface area contributed by atoms with Crippen LogP contribution in [0.1, 0.15) is 0 Å². The van der Waals surface area contributed by atoms with Crippen LogP contribution in [-0.4, -0.2) is 77.4 Å². The fourth-order valence-corrected chi connectivity index (χ4v) is 4.49. The van der Waals surface area contributed by atoms with E-state index in [1.165, 1.54) is 6.07 Å². The molecule has 0 saturated carbocycles. The summed E-state index contributed by atoms with van der Waals surface area (Å²) in [4.78, 5) is 20.9. The van der Waals surface area contributed by atoms with E-state index in [0.717, 1.165) is 43.2 Å². The molecule has 11 heteroatoms. The molecular formula is C23H26FN9O. The van der Waals surface area contributed by atoms with Crippen LogP contribution in [0.2, 0.25) is 0 Å². The molecule has 10 nitrogen and oxygen atoms in total. The second kappa shape index (κ2) is 8.17. The fraction of sp³-hybridized carbons (Fsp3) is 0.348. The van der Waals surface area contributed by atoms with E-state index in [2.05, 4.69) is 32.5 Å². The first-order chi connectivity index (χ1) is 16.6. The van der Waals surface area contributed by atoms with Crippen LogP contribution in [0.4, 0.5) is 27.5 Å². The molecule has 1 aromatic carbocycles. The predicted octanol–water partition coefficient (Wildman–Crippen LogP) is 2.60. The smallest absolute Gasteiger partial charge is 0.229 e. The van der Waals surface area contributed by atoms with Crippen LogP contribution < -0.4 is 20.4 Å². The van der Waals surface area contributed by atoms with Crippen molar-refractivity contribution in [1.82, 2.24) is 24.4 Å². The summed E-state index contributed by atoms with van der Waals surface area (Å²) < 4.78 is 20.9. The Morgan fingerprint density at radius 3 is 2.79 bits per heavy atom. The van der Waals surface area contributed by atoms with Gasteiger partial charge in [0.15, 0.2) is 17.0 Å². The van der Waals surface area contributed by atoms with Crippen molar-refractivity contribution >= 4 is 34.3 Å². The van der Waals surface area contributed by atoms with E-state index in [4.69, 9.17) is 14.4 Å². The molecule has 1 fully saturated rings. The Balaban J connectivity index is 1.32. The van der Waals surface area contributed by atoms with Crippen LogP contribution in [0.3, 0.4) is 0 Å². The molecule has 0 radical (unpaired) electrons. The van der Waals surface area contributed by atoms with Gasteiger partial charge in [0.2, 0.25) is 5.95 Å². The van der Waals surface area contributed by atoms with Crippen molar-refractivity contribution in [3.8, 4) is 5.69 Å². The first kappa shape index (κ1) is 20.7. The van der Waals surface area contributed by atoms with E-state index in [-0.39, 0.29) is 12.0 Å². The molecule has 1 unspecified atom stereocenters. The van der Waals surface area contributed by atoms with Crippen LogP contribution >= 0.6 is 0 Å². The summed E-state index contributed by atoms with van der Waals surface area (Å²) in [6.07, 6.45) is 4.97. The number of piperazine rings is 1. The van der Waals surface area contributed by atoms with Crippen molar-refractivity contribution in [1.29, 1.82) is 0 Å². The number of anilines is 4. The number of hydrogen-bond acceptors (Lipinski definition) is 9. The summed E-state index contributed by atoms with van der Waals surface area (Å²) in [5.41, 5.74) is 3.99. The Morgan fingerprint density at radius 2 is 2.00 bits per heavy atom. The number of fused-ring (bicyclic) bond motifs is 2. The van der Waals surface area contributed by atoms with E-state index >= 15 is 0 Å². The molecule has 0 spiro atoms.